The van der Waals surface area contributed by atoms with Crippen molar-refractivity contribution in [3.8, 4) is 0 Å². The fourth-order valence-electron chi connectivity index (χ4n) is 2.84. The summed E-state index contributed by atoms with van der Waals surface area (Å²) >= 11 is 0. The lowest BCUT2D eigenvalue weighted by Gasteiger charge is -2.20. The number of allylic oxidation sites excluding steroid dienone is 1. The van der Waals surface area contributed by atoms with Gasteiger partial charge in [-0.3, -0.25) is 4.79 Å². The van der Waals surface area contributed by atoms with Crippen molar-refractivity contribution in [2.75, 3.05) is 6.54 Å². The number of carbonyl (C=O) groups excluding carboxylic acids is 1. The van der Waals surface area contributed by atoms with Crippen LogP contribution in [0.2, 0.25) is 0 Å². The summed E-state index contributed by atoms with van der Waals surface area (Å²) in [7, 11) is -3.65. The van der Waals surface area contributed by atoms with E-state index < -0.39 is 15.6 Å². The van der Waals surface area contributed by atoms with Crippen molar-refractivity contribution < 1.29 is 13.2 Å². The zero-order valence-electron chi connectivity index (χ0n) is 15.3. The van der Waals surface area contributed by atoms with Crippen LogP contribution >= 0.6 is 0 Å². The molecule has 1 aromatic rings. The molecule has 1 aromatic carbocycles. The van der Waals surface area contributed by atoms with Crippen molar-refractivity contribution in [2.24, 2.45) is 0 Å². The van der Waals surface area contributed by atoms with Gasteiger partial charge in [0.25, 0.3) is 5.91 Å². The molecule has 6 heteroatoms. The summed E-state index contributed by atoms with van der Waals surface area (Å²) in [6.07, 6.45) is 7.84. The zero-order chi connectivity index (χ0) is 18.5. The van der Waals surface area contributed by atoms with Gasteiger partial charge < -0.3 is 5.32 Å². The molecule has 1 amide bonds. The first-order chi connectivity index (χ1) is 11.7. The molecular formula is C19H28N2O3S. The van der Waals surface area contributed by atoms with Gasteiger partial charge in [0.15, 0.2) is 0 Å². The predicted molar refractivity (Wildman–Crippen MR) is 100 cm³/mol. The Morgan fingerprint density at radius 2 is 1.96 bits per heavy atom. The molecule has 0 aliphatic heterocycles. The smallest absolute Gasteiger partial charge is 0.251 e. The van der Waals surface area contributed by atoms with Crippen LogP contribution < -0.4 is 10.0 Å². The first kappa shape index (κ1) is 19.7. The van der Waals surface area contributed by atoms with Crippen molar-refractivity contribution in [3.05, 3.63) is 41.5 Å². The summed E-state index contributed by atoms with van der Waals surface area (Å²) in [4.78, 5) is 12.4. The molecule has 5 nitrogen and oxygen atoms in total. The third-order valence-corrected chi connectivity index (χ3v) is 5.72. The average molecular weight is 365 g/mol. The van der Waals surface area contributed by atoms with E-state index in [4.69, 9.17) is 0 Å². The van der Waals surface area contributed by atoms with Crippen LogP contribution in [0.3, 0.4) is 0 Å². The lowest BCUT2D eigenvalue weighted by molar-refractivity contribution is 0.0954. The Hall–Kier alpha value is -1.66. The van der Waals surface area contributed by atoms with Crippen LogP contribution in [0.1, 0.15) is 63.2 Å². The maximum absolute atomic E-state index is 12.4. The molecule has 0 fully saturated rings. The molecule has 0 radical (unpaired) electrons. The fraction of sp³-hybridized carbons (Fsp3) is 0.526. The molecule has 0 bridgehead atoms. The third-order valence-electron chi connectivity index (χ3n) is 3.96. The molecule has 0 aromatic heterocycles. The molecule has 0 spiro atoms. The third kappa shape index (κ3) is 6.29. The number of benzene rings is 1. The molecule has 2 N–H and O–H groups in total. The number of rotatable bonds is 6. The van der Waals surface area contributed by atoms with Crippen molar-refractivity contribution >= 4 is 15.9 Å². The van der Waals surface area contributed by atoms with Gasteiger partial charge in [0.1, 0.15) is 0 Å². The van der Waals surface area contributed by atoms with Crippen LogP contribution in [0.15, 0.2) is 40.8 Å². The van der Waals surface area contributed by atoms with Crippen LogP contribution in [0.4, 0.5) is 0 Å². The zero-order valence-corrected chi connectivity index (χ0v) is 16.1. The Bertz CT molecular complexity index is 746. The van der Waals surface area contributed by atoms with Crippen molar-refractivity contribution in [1.82, 2.24) is 10.0 Å². The molecule has 0 heterocycles. The van der Waals surface area contributed by atoms with Crippen molar-refractivity contribution in [3.63, 3.8) is 0 Å². The number of nitrogens with one attached hydrogen (secondary N) is 2. The van der Waals surface area contributed by atoms with Gasteiger partial charge in [0.2, 0.25) is 10.0 Å². The van der Waals surface area contributed by atoms with E-state index in [1.165, 1.54) is 30.5 Å². The quantitative estimate of drug-likeness (QED) is 0.760. The highest BCUT2D eigenvalue weighted by atomic mass is 32.2. The molecule has 0 saturated carbocycles. The van der Waals surface area contributed by atoms with E-state index in [0.717, 1.165) is 19.3 Å². The van der Waals surface area contributed by atoms with Gasteiger partial charge in [-0.05, 0) is 71.1 Å². The first-order valence-corrected chi connectivity index (χ1v) is 10.3. The van der Waals surface area contributed by atoms with E-state index in [2.05, 4.69) is 16.1 Å². The van der Waals surface area contributed by atoms with Crippen LogP contribution in [0.5, 0.6) is 0 Å². The van der Waals surface area contributed by atoms with Gasteiger partial charge in [0.05, 0.1) is 4.90 Å². The number of carbonyl (C=O) groups is 1. The Kier molecular flexibility index (Phi) is 6.41. The molecule has 0 saturated heterocycles. The van der Waals surface area contributed by atoms with Gasteiger partial charge in [0, 0.05) is 17.6 Å². The van der Waals surface area contributed by atoms with E-state index in [0.29, 0.717) is 12.1 Å². The maximum Gasteiger partial charge on any atom is 0.251 e. The van der Waals surface area contributed by atoms with Crippen molar-refractivity contribution in [1.29, 1.82) is 0 Å². The molecule has 0 atom stereocenters. The lowest BCUT2D eigenvalue weighted by atomic mass is 9.97. The summed E-state index contributed by atoms with van der Waals surface area (Å²) in [5, 5.41) is 2.88. The lowest BCUT2D eigenvalue weighted by Crippen LogP contribution is -2.40. The monoisotopic (exact) mass is 364 g/mol. The van der Waals surface area contributed by atoms with E-state index in [1.807, 2.05) is 0 Å². The number of sulfonamides is 1. The second kappa shape index (κ2) is 8.15. The Morgan fingerprint density at radius 1 is 1.20 bits per heavy atom. The minimum Gasteiger partial charge on any atom is -0.352 e. The molecule has 25 heavy (non-hydrogen) atoms. The summed E-state index contributed by atoms with van der Waals surface area (Å²) < 4.78 is 27.4. The second-order valence-corrected chi connectivity index (χ2v) is 9.18. The summed E-state index contributed by atoms with van der Waals surface area (Å²) in [5.41, 5.74) is 1.18. The summed E-state index contributed by atoms with van der Waals surface area (Å²) in [6, 6.07) is 6.14. The normalized spacial score (nSPS) is 15.6. The van der Waals surface area contributed by atoms with E-state index in [1.54, 1.807) is 32.9 Å². The van der Waals surface area contributed by atoms with Gasteiger partial charge >= 0.3 is 0 Å². The standard InChI is InChI=1S/C19H28N2O3S/c1-19(2,3)21-25(23,24)17-11-7-10-16(14-17)18(22)20-13-12-15-8-5-4-6-9-15/h7-8,10-11,14,21H,4-6,9,12-13H2,1-3H3,(H,20,22). The second-order valence-electron chi connectivity index (χ2n) is 7.50. The van der Waals surface area contributed by atoms with Gasteiger partial charge in [-0.1, -0.05) is 17.7 Å². The summed E-state index contributed by atoms with van der Waals surface area (Å²) in [6.45, 7) is 5.91. The first-order valence-electron chi connectivity index (χ1n) is 8.77. The summed E-state index contributed by atoms with van der Waals surface area (Å²) in [5.74, 6) is -0.246. The van der Waals surface area contributed by atoms with Gasteiger partial charge in [-0.2, -0.15) is 0 Å². The Labute approximate surface area is 151 Å². The molecule has 1 aliphatic carbocycles. The highest BCUT2D eigenvalue weighted by Crippen LogP contribution is 2.19. The predicted octanol–water partition coefficient (Wildman–Crippen LogP) is 3.38. The number of hydrogen-bond acceptors (Lipinski definition) is 3. The van der Waals surface area contributed by atoms with E-state index in [-0.39, 0.29) is 10.8 Å². The van der Waals surface area contributed by atoms with Crippen LogP contribution in [-0.4, -0.2) is 26.4 Å². The van der Waals surface area contributed by atoms with Crippen molar-refractivity contribution in [2.45, 2.75) is 63.3 Å². The van der Waals surface area contributed by atoms with Gasteiger partial charge in [-0.15, -0.1) is 0 Å². The maximum atomic E-state index is 12.4. The Morgan fingerprint density at radius 3 is 2.60 bits per heavy atom. The van der Waals surface area contributed by atoms with Crippen LogP contribution in [0.25, 0.3) is 0 Å². The van der Waals surface area contributed by atoms with E-state index >= 15 is 0 Å². The minimum absolute atomic E-state index is 0.102. The van der Waals surface area contributed by atoms with Crippen LogP contribution in [-0.2, 0) is 10.0 Å². The minimum atomic E-state index is -3.65. The highest BCUT2D eigenvalue weighted by Gasteiger charge is 2.22. The Balaban J connectivity index is 2.00. The molecule has 1 aliphatic rings. The van der Waals surface area contributed by atoms with Gasteiger partial charge in [-0.25, -0.2) is 13.1 Å². The average Bonchev–Trinajstić information content (AvgIpc) is 2.54. The molecule has 0 unspecified atom stereocenters. The topological polar surface area (TPSA) is 75.3 Å². The number of hydrogen-bond donors (Lipinski definition) is 2. The van der Waals surface area contributed by atoms with Crippen LogP contribution in [0, 0.1) is 0 Å². The SMILES string of the molecule is CC(C)(C)NS(=O)(=O)c1cccc(C(=O)NCCC2=CCCCC2)c1. The van der Waals surface area contributed by atoms with E-state index in [9.17, 15) is 13.2 Å². The number of amides is 1. The molecular weight excluding hydrogens is 336 g/mol. The largest absolute Gasteiger partial charge is 0.352 e. The highest BCUT2D eigenvalue weighted by molar-refractivity contribution is 7.89. The molecule has 2 rings (SSSR count). The molecule has 138 valence electrons. The fourth-order valence-corrected chi connectivity index (χ4v) is 4.30.